The first-order chi connectivity index (χ1) is 19.9. The average molecular weight is 561 g/mol. The maximum absolute atomic E-state index is 6.17. The predicted molar refractivity (Wildman–Crippen MR) is 167 cm³/mol. The number of thiocarbonyl (C=S) groups is 1. The van der Waals surface area contributed by atoms with Gasteiger partial charge < -0.3 is 24.3 Å². The molecule has 0 spiro atoms. The van der Waals surface area contributed by atoms with Crippen LogP contribution in [0.25, 0.3) is 5.69 Å². The summed E-state index contributed by atoms with van der Waals surface area (Å²) in [5.41, 5.74) is 7.50. The van der Waals surface area contributed by atoms with Gasteiger partial charge in [-0.05, 0) is 105 Å². The van der Waals surface area contributed by atoms with E-state index in [0.29, 0.717) is 5.11 Å². The number of nitrogens with one attached hydrogen (secondary N) is 1. The van der Waals surface area contributed by atoms with Gasteiger partial charge in [-0.25, -0.2) is 0 Å². The molecule has 0 amide bonds. The number of benzene rings is 3. The summed E-state index contributed by atoms with van der Waals surface area (Å²) >= 11 is 5.97. The van der Waals surface area contributed by atoms with Crippen molar-refractivity contribution in [3.05, 3.63) is 131 Å². The van der Waals surface area contributed by atoms with Gasteiger partial charge in [0.1, 0.15) is 17.2 Å². The van der Waals surface area contributed by atoms with Crippen molar-refractivity contribution in [2.24, 2.45) is 0 Å². The number of pyridine rings is 1. The molecule has 0 radical (unpaired) electrons. The van der Waals surface area contributed by atoms with Gasteiger partial charge in [0.2, 0.25) is 0 Å². The molecule has 41 heavy (non-hydrogen) atoms. The van der Waals surface area contributed by atoms with Gasteiger partial charge >= 0.3 is 0 Å². The van der Waals surface area contributed by atoms with Gasteiger partial charge in [-0.3, -0.25) is 4.98 Å². The minimum atomic E-state index is -0.133. The molecular formula is C34H32N4O2S. The number of methoxy groups -OCH3 is 1. The smallest absolute Gasteiger partial charge is 0.174 e. The maximum Gasteiger partial charge on any atom is 0.174 e. The van der Waals surface area contributed by atoms with Gasteiger partial charge in [0.05, 0.1) is 24.9 Å². The standard InChI is InChI=1S/C34H32N4O2S/c1-22-10-5-6-14-31(22)40-27-17-15-25(16-18-27)38-33(32(36-34(38)41)30-13-7-8-19-35-30)29-20-23(2)37(24(29)3)26-11-9-12-28(21-26)39-4/h5-21,32-33H,1-4H3,(H,36,41)/t32-,33-/m0/s1. The van der Waals surface area contributed by atoms with Crippen LogP contribution in [0.1, 0.15) is 40.3 Å². The van der Waals surface area contributed by atoms with Gasteiger partial charge in [0.15, 0.2) is 5.11 Å². The molecule has 5 aromatic rings. The van der Waals surface area contributed by atoms with E-state index in [0.717, 1.165) is 51.3 Å². The molecule has 1 saturated heterocycles. The molecule has 1 fully saturated rings. The molecule has 1 aliphatic heterocycles. The normalized spacial score (nSPS) is 16.5. The second kappa shape index (κ2) is 11.1. The highest BCUT2D eigenvalue weighted by atomic mass is 32.1. The number of ether oxygens (including phenoxy) is 2. The van der Waals surface area contributed by atoms with E-state index in [4.69, 9.17) is 26.7 Å². The van der Waals surface area contributed by atoms with Crippen LogP contribution in [0.15, 0.2) is 103 Å². The van der Waals surface area contributed by atoms with Crippen LogP contribution < -0.4 is 19.7 Å². The molecule has 1 N–H and O–H groups in total. The predicted octanol–water partition coefficient (Wildman–Crippen LogP) is 7.78. The average Bonchev–Trinajstić information content (AvgIpc) is 3.49. The summed E-state index contributed by atoms with van der Waals surface area (Å²) in [7, 11) is 1.69. The molecule has 7 heteroatoms. The summed E-state index contributed by atoms with van der Waals surface area (Å²) in [5.74, 6) is 2.44. The highest BCUT2D eigenvalue weighted by molar-refractivity contribution is 7.80. The summed E-state index contributed by atoms with van der Waals surface area (Å²) in [4.78, 5) is 6.91. The Morgan fingerprint density at radius 1 is 0.805 bits per heavy atom. The first-order valence-corrected chi connectivity index (χ1v) is 14.0. The number of anilines is 1. The third kappa shape index (κ3) is 5.05. The molecule has 1 aliphatic rings. The highest BCUT2D eigenvalue weighted by Gasteiger charge is 2.42. The highest BCUT2D eigenvalue weighted by Crippen LogP contribution is 2.44. The molecule has 3 aromatic carbocycles. The van der Waals surface area contributed by atoms with E-state index >= 15 is 0 Å². The van der Waals surface area contributed by atoms with Crippen LogP contribution in [0.5, 0.6) is 17.2 Å². The Morgan fingerprint density at radius 3 is 2.32 bits per heavy atom. The van der Waals surface area contributed by atoms with Crippen molar-refractivity contribution in [2.45, 2.75) is 32.9 Å². The third-order valence-electron chi connectivity index (χ3n) is 7.63. The number of hydrogen-bond acceptors (Lipinski definition) is 4. The number of aromatic nitrogens is 2. The zero-order chi connectivity index (χ0) is 28.5. The van der Waals surface area contributed by atoms with E-state index in [2.05, 4.69) is 65.0 Å². The molecule has 0 bridgehead atoms. The Labute approximate surface area is 246 Å². The fourth-order valence-corrected chi connectivity index (χ4v) is 6.00. The first kappa shape index (κ1) is 26.6. The van der Waals surface area contributed by atoms with E-state index < -0.39 is 0 Å². The summed E-state index contributed by atoms with van der Waals surface area (Å²) in [6.45, 7) is 6.34. The van der Waals surface area contributed by atoms with E-state index in [1.54, 1.807) is 7.11 Å². The lowest BCUT2D eigenvalue weighted by Crippen LogP contribution is -2.29. The van der Waals surface area contributed by atoms with Gasteiger partial charge in [0.25, 0.3) is 0 Å². The van der Waals surface area contributed by atoms with Crippen LogP contribution in [0, 0.1) is 20.8 Å². The lowest BCUT2D eigenvalue weighted by molar-refractivity contribution is 0.414. The largest absolute Gasteiger partial charge is 0.497 e. The summed E-state index contributed by atoms with van der Waals surface area (Å²) in [5, 5.41) is 4.23. The van der Waals surface area contributed by atoms with Gasteiger partial charge in [-0.2, -0.15) is 0 Å². The summed E-state index contributed by atoms with van der Waals surface area (Å²) in [6, 6.07) is 32.3. The van der Waals surface area contributed by atoms with Crippen molar-refractivity contribution in [2.75, 3.05) is 12.0 Å². The lowest BCUT2D eigenvalue weighted by atomic mass is 9.96. The van der Waals surface area contributed by atoms with Crippen LogP contribution in [0.3, 0.4) is 0 Å². The first-order valence-electron chi connectivity index (χ1n) is 13.6. The third-order valence-corrected chi connectivity index (χ3v) is 7.95. The molecule has 6 rings (SSSR count). The lowest BCUT2D eigenvalue weighted by Gasteiger charge is -2.28. The molecule has 6 nitrogen and oxygen atoms in total. The number of para-hydroxylation sites is 1. The Morgan fingerprint density at radius 2 is 1.59 bits per heavy atom. The van der Waals surface area contributed by atoms with Gasteiger partial charge in [0, 0.05) is 35.0 Å². The van der Waals surface area contributed by atoms with Gasteiger partial charge in [-0.15, -0.1) is 0 Å². The fourth-order valence-electron chi connectivity index (χ4n) is 5.66. The second-order valence-electron chi connectivity index (χ2n) is 10.2. The number of aryl methyl sites for hydroxylation is 2. The zero-order valence-electron chi connectivity index (χ0n) is 23.5. The van der Waals surface area contributed by atoms with E-state index in [1.165, 1.54) is 5.56 Å². The van der Waals surface area contributed by atoms with E-state index in [9.17, 15) is 0 Å². The Balaban J connectivity index is 1.42. The van der Waals surface area contributed by atoms with Crippen molar-refractivity contribution in [1.29, 1.82) is 0 Å². The van der Waals surface area contributed by atoms with Crippen molar-refractivity contribution in [3.8, 4) is 22.9 Å². The fraction of sp³-hybridized carbons (Fsp3) is 0.176. The molecule has 0 saturated carbocycles. The second-order valence-corrected chi connectivity index (χ2v) is 10.6. The summed E-state index contributed by atoms with van der Waals surface area (Å²) in [6.07, 6.45) is 1.83. The van der Waals surface area contributed by atoms with Crippen molar-refractivity contribution >= 4 is 23.0 Å². The number of hydrogen-bond donors (Lipinski definition) is 1. The minimum absolute atomic E-state index is 0.119. The number of nitrogens with zero attached hydrogens (tertiary/aromatic N) is 3. The maximum atomic E-state index is 6.17. The van der Waals surface area contributed by atoms with Gasteiger partial charge in [-0.1, -0.05) is 30.3 Å². The monoisotopic (exact) mass is 560 g/mol. The molecule has 0 unspecified atom stereocenters. The van der Waals surface area contributed by atoms with Crippen LogP contribution in [0.4, 0.5) is 5.69 Å². The van der Waals surface area contributed by atoms with Crippen molar-refractivity contribution in [3.63, 3.8) is 0 Å². The quantitative estimate of drug-likeness (QED) is 0.205. The molecule has 2 atom stereocenters. The molecule has 2 aromatic heterocycles. The zero-order valence-corrected chi connectivity index (χ0v) is 24.4. The molecule has 206 valence electrons. The number of rotatable bonds is 7. The van der Waals surface area contributed by atoms with Crippen LogP contribution in [-0.4, -0.2) is 21.8 Å². The van der Waals surface area contributed by atoms with E-state index in [-0.39, 0.29) is 12.1 Å². The Hall–Kier alpha value is -4.62. The minimum Gasteiger partial charge on any atom is -0.497 e. The topological polar surface area (TPSA) is 51.5 Å². The molecule has 0 aliphatic carbocycles. The summed E-state index contributed by atoms with van der Waals surface area (Å²) < 4.78 is 14.0. The van der Waals surface area contributed by atoms with Crippen LogP contribution in [0.2, 0.25) is 0 Å². The van der Waals surface area contributed by atoms with Crippen LogP contribution >= 0.6 is 12.2 Å². The van der Waals surface area contributed by atoms with E-state index in [1.807, 2.05) is 73.8 Å². The SMILES string of the molecule is COc1cccc(-n2c(C)cc([C@H]3[C@H](c4ccccn4)NC(=S)N3c3ccc(Oc4ccccc4C)cc3)c2C)c1. The Kier molecular flexibility index (Phi) is 7.20. The Bertz CT molecular complexity index is 1700. The molecular weight excluding hydrogens is 528 g/mol. The van der Waals surface area contributed by atoms with Crippen molar-refractivity contribution in [1.82, 2.24) is 14.9 Å². The van der Waals surface area contributed by atoms with Crippen LogP contribution in [-0.2, 0) is 0 Å². The van der Waals surface area contributed by atoms with Crippen molar-refractivity contribution < 1.29 is 9.47 Å². The molecule has 3 heterocycles.